The average Bonchev–Trinajstić information content (AvgIpc) is 0.799. The van der Waals surface area contributed by atoms with Gasteiger partial charge < -0.3 is 11.1 Å². The Hall–Kier alpha value is -14.3. The van der Waals surface area contributed by atoms with E-state index < -0.39 is 68.9 Å². The van der Waals surface area contributed by atoms with Crippen LogP contribution in [0.5, 0.6) is 0 Å². The van der Waals surface area contributed by atoms with Crippen molar-refractivity contribution in [3.8, 4) is 46.1 Å². The number of nitrogens with zero attached hydrogens (tertiary/aromatic N) is 16. The van der Waals surface area contributed by atoms with Gasteiger partial charge >= 0.3 is 0 Å². The van der Waals surface area contributed by atoms with E-state index in [9.17, 15) is 57.6 Å². The van der Waals surface area contributed by atoms with Crippen molar-refractivity contribution in [3.05, 3.63) is 264 Å². The number of nitrogens with two attached hydrogens (primary N) is 1. The molecule has 0 unspecified atom stereocenters. The summed E-state index contributed by atoms with van der Waals surface area (Å²) < 4.78 is 94.8. The third-order valence-electron chi connectivity index (χ3n) is 15.3. The predicted octanol–water partition coefficient (Wildman–Crippen LogP) is 8.70. The summed E-state index contributed by atoms with van der Waals surface area (Å²) in [4.78, 5) is 129. The van der Waals surface area contributed by atoms with Gasteiger partial charge in [0.05, 0.1) is 42.1 Å². The molecule has 0 aliphatic heterocycles. The van der Waals surface area contributed by atoms with Gasteiger partial charge in [0.25, 0.3) is 23.6 Å². The molecule has 7 N–H and O–H groups in total. The number of benzene rings is 5. The van der Waals surface area contributed by atoms with Crippen molar-refractivity contribution in [2.75, 3.05) is 51.1 Å². The second-order valence-corrected chi connectivity index (χ2v) is 32.7. The van der Waals surface area contributed by atoms with E-state index in [-0.39, 0.29) is 83.0 Å². The molecule has 584 valence electrons. The smallest absolute Gasteiger partial charge is 0.260 e. The van der Waals surface area contributed by atoms with E-state index in [4.69, 9.17) is 5.73 Å². The first-order chi connectivity index (χ1) is 54.6. The quantitative estimate of drug-likeness (QED) is 0.0412. The summed E-state index contributed by atoms with van der Waals surface area (Å²) in [5, 5.41) is 12.8. The average molecular weight is 1630 g/mol. The molecule has 0 bridgehead atoms. The normalized spacial score (nSPS) is 11.1. The van der Waals surface area contributed by atoms with Crippen LogP contribution < -0.4 is 32.3 Å². The molecule has 8 heterocycles. The summed E-state index contributed by atoms with van der Waals surface area (Å²) in [5.41, 5.74) is 9.51. The van der Waals surface area contributed by atoms with E-state index in [1.807, 2.05) is 12.1 Å². The van der Waals surface area contributed by atoms with Crippen LogP contribution in [0.25, 0.3) is 46.1 Å². The van der Waals surface area contributed by atoms with Crippen molar-refractivity contribution in [2.45, 2.75) is 60.0 Å². The first kappa shape index (κ1) is 83.2. The zero-order valence-corrected chi connectivity index (χ0v) is 65.4. The number of anilines is 6. The summed E-state index contributed by atoms with van der Waals surface area (Å²) >= 11 is 0. The molecule has 13 aromatic rings. The number of aryl methyl sites for hydroxylation is 4. The second-order valence-electron chi connectivity index (χ2n) is 24.6. The summed E-state index contributed by atoms with van der Waals surface area (Å²) in [6.07, 6.45) is 9.71. The summed E-state index contributed by atoms with van der Waals surface area (Å²) in [5.74, 6) is 0.596. The Kier molecular flexibility index (Phi) is 26.5. The van der Waals surface area contributed by atoms with Gasteiger partial charge in [-0.25, -0.2) is 53.6 Å². The highest BCUT2D eigenvalue weighted by Crippen LogP contribution is 2.26. The third kappa shape index (κ3) is 23.6. The summed E-state index contributed by atoms with van der Waals surface area (Å²) in [6, 6.07) is 49.1. The lowest BCUT2D eigenvalue weighted by Crippen LogP contribution is -2.19. The van der Waals surface area contributed by atoms with Gasteiger partial charge in [0, 0.05) is 67.3 Å². The Balaban J connectivity index is 0.000000162. The van der Waals surface area contributed by atoms with E-state index in [0.717, 1.165) is 18.8 Å². The van der Waals surface area contributed by atoms with Gasteiger partial charge in [-0.15, -0.1) is 0 Å². The molecule has 0 aliphatic carbocycles. The highest BCUT2D eigenvalue weighted by molar-refractivity contribution is 7.91. The van der Waals surface area contributed by atoms with E-state index in [1.165, 1.54) is 79.7 Å². The van der Waals surface area contributed by atoms with E-state index >= 15 is 0 Å². The second kappa shape index (κ2) is 36.7. The zero-order valence-electron chi connectivity index (χ0n) is 62.1. The number of sulfone groups is 4. The van der Waals surface area contributed by atoms with Crippen LogP contribution >= 0.6 is 0 Å². The lowest BCUT2D eigenvalue weighted by atomic mass is 10.1. The molecule has 115 heavy (non-hydrogen) atoms. The Morgan fingerprint density at radius 2 is 0.661 bits per heavy atom. The minimum absolute atomic E-state index is 0.00545. The van der Waals surface area contributed by atoms with Crippen LogP contribution in [0, 0.1) is 27.7 Å². The predicted molar refractivity (Wildman–Crippen MR) is 424 cm³/mol. The lowest BCUT2D eigenvalue weighted by molar-refractivity contribution is -0.114. The molecule has 0 saturated carbocycles. The number of aromatic nitrogens is 16. The maximum Gasteiger partial charge on any atom is 0.260 e. The topological polar surface area (TPSA) is 514 Å². The number of nitrogens with one attached hydrogen (secondary N) is 5. The molecule has 5 amide bonds. The number of carbonyl (C=O) groups excluding carboxylic acids is 5. The van der Waals surface area contributed by atoms with Crippen molar-refractivity contribution in [1.29, 1.82) is 0 Å². The Morgan fingerprint density at radius 1 is 0.339 bits per heavy atom. The van der Waals surface area contributed by atoms with Gasteiger partial charge in [0.1, 0.15) is 46.1 Å². The monoisotopic (exact) mass is 1620 g/mol. The molecular weight excluding hydrogens is 1560 g/mol. The standard InChI is InChI=1S/C22H17N5O3S.C19H18N6O4S.C18H17N5O3S.C17H16N6O3S/c1-15-24-20(19-9-5-6-14-23-19)26-22(25-15)27-21(28)16-10-12-18(13-11-16)31(29,30)17-7-3-2-4-8-17;1-11-21-17(15-6-4-5-9-20-15)24-19(22-11)25-18(27)14-8-7-13(30(3,28)29)10-16(14)23-12(2)26;1-12-20-16(15-5-3-4-10-19-15)22-18(21-12)23-17(24)14-8-6-13(7-9-14)11-27(2,25)26;1-10-20-15(14-5-3-4-8-19-14)22-17(21-10)23-16(24)12-7-6-11(9-13(12)18)27(2,25)26/h2-14H,1H3,(H,24,25,26,27,28);4-10H,1-3H3,(H,23,26)(H,21,22,24,25,27);3-10H,11H2,1-2H3,(H,20,21,22,23,24);3-9H,18H2,1-2H3,(H,20,21,22,23,24). The van der Waals surface area contributed by atoms with Crippen molar-refractivity contribution >= 4 is 104 Å². The zero-order chi connectivity index (χ0) is 82.8. The molecular formula is C76H68N22O13S4. The lowest BCUT2D eigenvalue weighted by Gasteiger charge is -2.12. The van der Waals surface area contributed by atoms with Crippen molar-refractivity contribution in [2.24, 2.45) is 0 Å². The number of rotatable bonds is 19. The van der Waals surface area contributed by atoms with Gasteiger partial charge in [-0.05, 0) is 167 Å². The van der Waals surface area contributed by atoms with Gasteiger partial charge in [-0.1, -0.05) is 54.6 Å². The van der Waals surface area contributed by atoms with E-state index in [1.54, 1.807) is 156 Å². The van der Waals surface area contributed by atoms with E-state index in [2.05, 4.69) is 106 Å². The van der Waals surface area contributed by atoms with Crippen molar-refractivity contribution in [1.82, 2.24) is 79.7 Å². The van der Waals surface area contributed by atoms with Crippen LogP contribution in [0.4, 0.5) is 35.2 Å². The van der Waals surface area contributed by atoms with Crippen LogP contribution in [-0.4, -0.2) is 162 Å². The minimum atomic E-state index is -3.65. The van der Waals surface area contributed by atoms with Crippen molar-refractivity contribution < 1.29 is 57.6 Å². The van der Waals surface area contributed by atoms with Crippen LogP contribution in [0.2, 0.25) is 0 Å². The molecule has 0 radical (unpaired) electrons. The first-order valence-electron chi connectivity index (χ1n) is 33.8. The fraction of sp³-hybridized carbons (Fsp3) is 0.118. The number of carbonyl (C=O) groups is 5. The van der Waals surface area contributed by atoms with Gasteiger partial charge in [-0.2, -0.15) is 39.9 Å². The fourth-order valence-electron chi connectivity index (χ4n) is 10.1. The fourth-order valence-corrected chi connectivity index (χ4v) is 13.5. The molecule has 5 aromatic carbocycles. The number of pyridine rings is 4. The Labute approximate surface area is 658 Å². The highest BCUT2D eigenvalue weighted by atomic mass is 32.2. The van der Waals surface area contributed by atoms with Gasteiger partial charge in [0.2, 0.25) is 39.5 Å². The Morgan fingerprint density at radius 3 is 1.00 bits per heavy atom. The number of hydrogen-bond donors (Lipinski definition) is 6. The molecule has 35 nitrogen and oxygen atoms in total. The largest absolute Gasteiger partial charge is 0.398 e. The number of hydrogen-bond acceptors (Lipinski definition) is 30. The van der Waals surface area contributed by atoms with Crippen LogP contribution in [0.15, 0.2) is 232 Å². The SMILES string of the molecule is CC(=O)Nc1cc(S(C)(=O)=O)ccc1C(=O)Nc1nc(C)nc(-c2ccccn2)n1.Cc1nc(NC(=O)c2ccc(CS(C)(=O)=O)cc2)nc(-c2ccccn2)n1.Cc1nc(NC(=O)c2ccc(S(=O)(=O)c3ccccc3)cc2)nc(-c2ccccn2)n1.Cc1nc(NC(=O)c2ccc(S(C)(=O)=O)cc2N)nc(-c2ccccn2)n1. The number of nitrogen functional groups attached to an aromatic ring is 1. The Bertz CT molecular complexity index is 6270. The van der Waals surface area contributed by atoms with Gasteiger partial charge in [0.15, 0.2) is 52.8 Å². The van der Waals surface area contributed by atoms with E-state index in [0.29, 0.717) is 74.7 Å². The number of amides is 5. The molecule has 0 atom stereocenters. The van der Waals surface area contributed by atoms with Crippen LogP contribution in [0.1, 0.15) is 77.2 Å². The van der Waals surface area contributed by atoms with Crippen molar-refractivity contribution in [3.63, 3.8) is 0 Å². The third-order valence-corrected chi connectivity index (χ3v) is 20.1. The molecule has 8 aromatic heterocycles. The molecule has 13 rings (SSSR count). The maximum absolute atomic E-state index is 12.8. The maximum atomic E-state index is 12.8. The molecule has 0 spiro atoms. The van der Waals surface area contributed by atoms with Crippen LogP contribution in [0.3, 0.4) is 0 Å². The molecule has 39 heteroatoms. The van der Waals surface area contributed by atoms with Crippen LogP contribution in [-0.2, 0) is 49.9 Å². The molecule has 0 fully saturated rings. The van der Waals surface area contributed by atoms with Gasteiger partial charge in [-0.3, -0.25) is 65.2 Å². The summed E-state index contributed by atoms with van der Waals surface area (Å²) in [7, 11) is -13.7. The first-order valence-corrected chi connectivity index (χ1v) is 41.1. The summed E-state index contributed by atoms with van der Waals surface area (Å²) in [6.45, 7) is 7.95. The minimum Gasteiger partial charge on any atom is -0.398 e. The molecule has 0 saturated heterocycles. The molecule has 0 aliphatic rings. The highest BCUT2D eigenvalue weighted by Gasteiger charge is 2.23.